The van der Waals surface area contributed by atoms with E-state index < -0.39 is 0 Å². The Morgan fingerprint density at radius 3 is 2.29 bits per heavy atom. The minimum atomic E-state index is -0.162. The molecule has 1 fully saturated rings. The second-order valence-electron chi connectivity index (χ2n) is 8.26. The van der Waals surface area contributed by atoms with E-state index in [1.807, 2.05) is 71.6 Å². The summed E-state index contributed by atoms with van der Waals surface area (Å²) in [5.41, 5.74) is 1.61. The van der Waals surface area contributed by atoms with Crippen molar-refractivity contribution in [2.45, 2.75) is 0 Å². The van der Waals surface area contributed by atoms with Gasteiger partial charge < -0.3 is 14.2 Å². The van der Waals surface area contributed by atoms with Crippen LogP contribution in [0.1, 0.15) is 20.9 Å². The third kappa shape index (κ3) is 3.64. The number of hydrogen-bond donors (Lipinski definition) is 0. The molecule has 0 aliphatic carbocycles. The fourth-order valence-corrected chi connectivity index (χ4v) is 5.32. The van der Waals surface area contributed by atoms with Crippen LogP contribution in [0.2, 0.25) is 0 Å². The van der Waals surface area contributed by atoms with Gasteiger partial charge in [0.25, 0.3) is 11.8 Å². The van der Waals surface area contributed by atoms with Crippen LogP contribution in [0, 0.1) is 0 Å². The van der Waals surface area contributed by atoms with Gasteiger partial charge in [0.2, 0.25) is 0 Å². The minimum absolute atomic E-state index is 0.0000183. The molecule has 6 nitrogen and oxygen atoms in total. The SMILES string of the molecule is O=C(c1ccc(-c2nc3ccccc3s2)o1)N1CCN(C(=O)c2cccc3ccccc23)CC1. The average molecular weight is 468 g/mol. The van der Waals surface area contributed by atoms with E-state index in [0.717, 1.165) is 26.0 Å². The molecule has 1 aliphatic heterocycles. The number of fused-ring (bicyclic) bond motifs is 2. The molecule has 6 rings (SSSR count). The van der Waals surface area contributed by atoms with Crippen molar-refractivity contribution in [3.05, 3.63) is 90.2 Å². The Hall–Kier alpha value is -3.97. The molecule has 0 spiro atoms. The predicted octanol–water partition coefficient (Wildman–Crippen LogP) is 5.31. The molecule has 0 atom stereocenters. The van der Waals surface area contributed by atoms with Crippen LogP contribution in [0.5, 0.6) is 0 Å². The minimum Gasteiger partial charge on any atom is -0.448 e. The van der Waals surface area contributed by atoms with Gasteiger partial charge >= 0.3 is 0 Å². The number of piperazine rings is 1. The molecule has 34 heavy (non-hydrogen) atoms. The van der Waals surface area contributed by atoms with Crippen molar-refractivity contribution in [1.29, 1.82) is 0 Å². The van der Waals surface area contributed by atoms with Gasteiger partial charge in [-0.2, -0.15) is 0 Å². The summed E-state index contributed by atoms with van der Waals surface area (Å²) in [5.74, 6) is 0.724. The van der Waals surface area contributed by atoms with E-state index in [0.29, 0.717) is 43.3 Å². The topological polar surface area (TPSA) is 66.7 Å². The molecule has 1 saturated heterocycles. The number of amides is 2. The second kappa shape index (κ2) is 8.43. The fraction of sp³-hybridized carbons (Fsp3) is 0.148. The van der Waals surface area contributed by atoms with E-state index in [4.69, 9.17) is 4.42 Å². The van der Waals surface area contributed by atoms with E-state index in [1.165, 1.54) is 11.3 Å². The number of benzene rings is 3. The Morgan fingerprint density at radius 2 is 1.47 bits per heavy atom. The van der Waals surface area contributed by atoms with Crippen molar-refractivity contribution < 1.29 is 14.0 Å². The zero-order valence-electron chi connectivity index (χ0n) is 18.3. The van der Waals surface area contributed by atoms with Crippen LogP contribution < -0.4 is 0 Å². The first-order valence-corrected chi connectivity index (χ1v) is 12.0. The molecule has 3 heterocycles. The zero-order chi connectivity index (χ0) is 23.1. The summed E-state index contributed by atoms with van der Waals surface area (Å²) in [4.78, 5) is 34.4. The highest BCUT2D eigenvalue weighted by atomic mass is 32.1. The highest BCUT2D eigenvalue weighted by Crippen LogP contribution is 2.31. The number of para-hydroxylation sites is 1. The van der Waals surface area contributed by atoms with Crippen LogP contribution in [0.4, 0.5) is 0 Å². The standard InChI is InChI=1S/C27H21N3O3S/c31-26(20-9-5-7-18-6-1-2-8-19(18)20)29-14-16-30(17-15-29)27(32)23-13-12-22(33-23)25-28-21-10-3-4-11-24(21)34-25/h1-13H,14-17H2. The first-order chi connectivity index (χ1) is 16.7. The molecule has 5 aromatic rings. The second-order valence-corrected chi connectivity index (χ2v) is 9.29. The number of nitrogens with zero attached hydrogens (tertiary/aromatic N) is 3. The first kappa shape index (κ1) is 20.6. The molecule has 0 radical (unpaired) electrons. The highest BCUT2D eigenvalue weighted by molar-refractivity contribution is 7.21. The van der Waals surface area contributed by atoms with Crippen molar-refractivity contribution in [1.82, 2.24) is 14.8 Å². The Kier molecular flexibility index (Phi) is 5.11. The van der Waals surface area contributed by atoms with Gasteiger partial charge in [0.1, 0.15) is 0 Å². The summed E-state index contributed by atoms with van der Waals surface area (Å²) in [6.45, 7) is 1.90. The lowest BCUT2D eigenvalue weighted by atomic mass is 10.0. The van der Waals surface area contributed by atoms with Gasteiger partial charge in [-0.3, -0.25) is 9.59 Å². The molecule has 0 N–H and O–H groups in total. The van der Waals surface area contributed by atoms with Gasteiger partial charge in [-0.05, 0) is 41.1 Å². The van der Waals surface area contributed by atoms with E-state index >= 15 is 0 Å². The lowest BCUT2D eigenvalue weighted by Gasteiger charge is -2.34. The summed E-state index contributed by atoms with van der Waals surface area (Å²) in [7, 11) is 0. The fourth-order valence-electron chi connectivity index (χ4n) is 4.40. The van der Waals surface area contributed by atoms with Gasteiger partial charge in [-0.15, -0.1) is 11.3 Å². The molecule has 3 aromatic carbocycles. The van der Waals surface area contributed by atoms with Crippen molar-refractivity contribution >= 4 is 44.1 Å². The Balaban J connectivity index is 1.14. The maximum Gasteiger partial charge on any atom is 0.289 e. The monoisotopic (exact) mass is 467 g/mol. The Morgan fingerprint density at radius 1 is 0.765 bits per heavy atom. The third-order valence-corrected chi connectivity index (χ3v) is 7.25. The first-order valence-electron chi connectivity index (χ1n) is 11.2. The number of aromatic nitrogens is 1. The predicted molar refractivity (Wildman–Crippen MR) is 133 cm³/mol. The summed E-state index contributed by atoms with van der Waals surface area (Å²) in [5, 5.41) is 2.75. The molecule has 7 heteroatoms. The lowest BCUT2D eigenvalue weighted by molar-refractivity contribution is 0.0519. The quantitative estimate of drug-likeness (QED) is 0.361. The maximum atomic E-state index is 13.2. The van der Waals surface area contributed by atoms with E-state index in [-0.39, 0.29) is 11.8 Å². The van der Waals surface area contributed by atoms with Crippen molar-refractivity contribution in [2.75, 3.05) is 26.2 Å². The zero-order valence-corrected chi connectivity index (χ0v) is 19.1. The number of carbonyl (C=O) groups excluding carboxylic acids is 2. The smallest absolute Gasteiger partial charge is 0.289 e. The maximum absolute atomic E-state index is 13.2. The van der Waals surface area contributed by atoms with Crippen LogP contribution >= 0.6 is 11.3 Å². The van der Waals surface area contributed by atoms with Gasteiger partial charge in [0.05, 0.1) is 10.2 Å². The summed E-state index contributed by atoms with van der Waals surface area (Å²) in [6, 6.07) is 25.1. The molecule has 1 aliphatic rings. The number of thiazole rings is 1. The van der Waals surface area contributed by atoms with Crippen molar-refractivity contribution in [3.63, 3.8) is 0 Å². The largest absolute Gasteiger partial charge is 0.448 e. The number of carbonyl (C=O) groups is 2. The summed E-state index contributed by atoms with van der Waals surface area (Å²) < 4.78 is 6.96. The van der Waals surface area contributed by atoms with Crippen LogP contribution in [-0.2, 0) is 0 Å². The van der Waals surface area contributed by atoms with E-state index in [2.05, 4.69) is 4.98 Å². The average Bonchev–Trinajstić information content (AvgIpc) is 3.55. The molecule has 168 valence electrons. The number of furan rings is 1. The summed E-state index contributed by atoms with van der Waals surface area (Å²) >= 11 is 1.54. The molecule has 2 aromatic heterocycles. The number of hydrogen-bond acceptors (Lipinski definition) is 5. The van der Waals surface area contributed by atoms with Gasteiger partial charge in [0, 0.05) is 31.7 Å². The van der Waals surface area contributed by atoms with Crippen LogP contribution in [0.25, 0.3) is 31.8 Å². The van der Waals surface area contributed by atoms with E-state index in [1.54, 1.807) is 17.0 Å². The Labute approximate surface area is 200 Å². The molecule has 0 unspecified atom stereocenters. The normalized spacial score (nSPS) is 14.1. The third-order valence-electron chi connectivity index (χ3n) is 6.20. The summed E-state index contributed by atoms with van der Waals surface area (Å²) in [6.07, 6.45) is 0. The lowest BCUT2D eigenvalue weighted by Crippen LogP contribution is -2.50. The molecular formula is C27H21N3O3S. The highest BCUT2D eigenvalue weighted by Gasteiger charge is 2.28. The van der Waals surface area contributed by atoms with Crippen LogP contribution in [-0.4, -0.2) is 52.8 Å². The molecule has 2 amide bonds. The van der Waals surface area contributed by atoms with Crippen LogP contribution in [0.15, 0.2) is 83.3 Å². The van der Waals surface area contributed by atoms with Crippen molar-refractivity contribution in [2.24, 2.45) is 0 Å². The number of rotatable bonds is 3. The van der Waals surface area contributed by atoms with Crippen molar-refractivity contribution in [3.8, 4) is 10.8 Å². The molecule has 0 bridgehead atoms. The van der Waals surface area contributed by atoms with Gasteiger partial charge in [-0.1, -0.05) is 48.5 Å². The van der Waals surface area contributed by atoms with Gasteiger partial charge in [-0.25, -0.2) is 4.98 Å². The van der Waals surface area contributed by atoms with Gasteiger partial charge in [0.15, 0.2) is 16.5 Å². The van der Waals surface area contributed by atoms with Crippen LogP contribution in [0.3, 0.4) is 0 Å². The Bertz CT molecular complexity index is 1490. The molecular weight excluding hydrogens is 446 g/mol. The molecule has 0 saturated carbocycles. The van der Waals surface area contributed by atoms with E-state index in [9.17, 15) is 9.59 Å².